The summed E-state index contributed by atoms with van der Waals surface area (Å²) in [6, 6.07) is -0.672. The molecule has 1 unspecified atom stereocenters. The molecule has 0 radical (unpaired) electrons. The maximum atomic E-state index is 12.5. The Morgan fingerprint density at radius 2 is 2.00 bits per heavy atom. The second-order valence-electron chi connectivity index (χ2n) is 5.68. The molecule has 7 nitrogen and oxygen atoms in total. The Kier molecular flexibility index (Phi) is 10.1. The van der Waals surface area contributed by atoms with Crippen molar-refractivity contribution in [3.63, 3.8) is 0 Å². The SMILES string of the molecule is C.CC.CC1=NC(N/C=C\C(N)C(F)(F)F)=C(c2cncc(C(=O)O)c2)CN1C. The molecule has 1 aromatic rings. The molecule has 10 heteroatoms. The summed E-state index contributed by atoms with van der Waals surface area (Å²) in [6.07, 6.45) is -0.00762. The molecule has 0 saturated carbocycles. The van der Waals surface area contributed by atoms with Crippen molar-refractivity contribution < 1.29 is 23.1 Å². The lowest BCUT2D eigenvalue weighted by Gasteiger charge is -2.27. The first-order chi connectivity index (χ1) is 13.1. The van der Waals surface area contributed by atoms with Crippen LogP contribution in [0.1, 0.15) is 44.1 Å². The fourth-order valence-electron chi connectivity index (χ4n) is 2.15. The zero-order valence-corrected chi connectivity index (χ0v) is 16.1. The van der Waals surface area contributed by atoms with Gasteiger partial charge in [-0.25, -0.2) is 9.79 Å². The molecule has 0 saturated heterocycles. The molecule has 0 fully saturated rings. The van der Waals surface area contributed by atoms with Crippen LogP contribution in [-0.4, -0.2) is 52.6 Å². The average molecular weight is 415 g/mol. The normalized spacial score (nSPS) is 15.2. The highest BCUT2D eigenvalue weighted by Crippen LogP contribution is 2.24. The summed E-state index contributed by atoms with van der Waals surface area (Å²) in [6.45, 7) is 6.12. The van der Waals surface area contributed by atoms with E-state index >= 15 is 0 Å². The third-order valence-electron chi connectivity index (χ3n) is 3.74. The lowest BCUT2D eigenvalue weighted by atomic mass is 10.0. The fraction of sp³-hybridized carbons (Fsp3) is 0.421. The van der Waals surface area contributed by atoms with Gasteiger partial charge in [-0.15, -0.1) is 0 Å². The summed E-state index contributed by atoms with van der Waals surface area (Å²) >= 11 is 0. The van der Waals surface area contributed by atoms with Gasteiger partial charge in [-0.05, 0) is 19.1 Å². The Balaban J connectivity index is 0.00000253. The molecule has 2 heterocycles. The molecule has 1 aliphatic rings. The van der Waals surface area contributed by atoms with Gasteiger partial charge in [0.15, 0.2) is 0 Å². The number of alkyl halides is 3. The number of rotatable bonds is 5. The van der Waals surface area contributed by atoms with E-state index in [1.54, 1.807) is 14.0 Å². The van der Waals surface area contributed by atoms with Gasteiger partial charge in [0, 0.05) is 43.3 Å². The fourth-order valence-corrected chi connectivity index (χ4v) is 2.15. The van der Waals surface area contributed by atoms with E-state index in [-0.39, 0.29) is 13.0 Å². The number of carboxylic acid groups (broad SMARTS) is 1. The van der Waals surface area contributed by atoms with E-state index in [0.29, 0.717) is 29.3 Å². The second kappa shape index (κ2) is 11.2. The first-order valence-electron chi connectivity index (χ1n) is 8.53. The number of nitrogens with zero attached hydrogens (tertiary/aromatic N) is 3. The van der Waals surface area contributed by atoms with E-state index in [1.165, 1.54) is 18.5 Å². The van der Waals surface area contributed by atoms with E-state index in [4.69, 9.17) is 10.8 Å². The molecule has 0 bridgehead atoms. The Morgan fingerprint density at radius 3 is 2.55 bits per heavy atom. The summed E-state index contributed by atoms with van der Waals surface area (Å²) < 4.78 is 37.4. The highest BCUT2D eigenvalue weighted by atomic mass is 19.4. The topological polar surface area (TPSA) is 104 Å². The molecular formula is C19H28F3N5O2. The number of aromatic carboxylic acids is 1. The number of carboxylic acids is 1. The number of hydrogen-bond acceptors (Lipinski definition) is 6. The summed E-state index contributed by atoms with van der Waals surface area (Å²) in [4.78, 5) is 21.2. The molecule has 29 heavy (non-hydrogen) atoms. The van der Waals surface area contributed by atoms with Crippen LogP contribution in [0.4, 0.5) is 13.2 Å². The van der Waals surface area contributed by atoms with Crippen LogP contribution in [0.2, 0.25) is 0 Å². The summed E-state index contributed by atoms with van der Waals surface area (Å²) in [5.74, 6) is -0.183. The van der Waals surface area contributed by atoms with Crippen LogP contribution in [0.3, 0.4) is 0 Å². The Bertz CT molecular complexity index is 788. The molecule has 1 atom stereocenters. The molecule has 162 valence electrons. The third kappa shape index (κ3) is 7.22. The van der Waals surface area contributed by atoms with Gasteiger partial charge in [0.1, 0.15) is 17.7 Å². The lowest BCUT2D eigenvalue weighted by molar-refractivity contribution is -0.136. The number of carbonyl (C=O) groups is 1. The van der Waals surface area contributed by atoms with E-state index in [9.17, 15) is 18.0 Å². The number of hydrogen-bond donors (Lipinski definition) is 3. The van der Waals surface area contributed by atoms with Crippen LogP contribution >= 0.6 is 0 Å². The van der Waals surface area contributed by atoms with Gasteiger partial charge in [-0.3, -0.25) is 4.98 Å². The molecule has 2 rings (SSSR count). The smallest absolute Gasteiger partial charge is 0.407 e. The van der Waals surface area contributed by atoms with Crippen LogP contribution in [0, 0.1) is 0 Å². The first kappa shape index (κ1) is 26.1. The monoisotopic (exact) mass is 415 g/mol. The molecule has 0 aromatic carbocycles. The molecule has 1 aromatic heterocycles. The van der Waals surface area contributed by atoms with Gasteiger partial charge in [0.25, 0.3) is 0 Å². The zero-order chi connectivity index (χ0) is 21.5. The summed E-state index contributed by atoms with van der Waals surface area (Å²) in [5.41, 5.74) is 6.13. The second-order valence-corrected chi connectivity index (χ2v) is 5.68. The predicted molar refractivity (Wildman–Crippen MR) is 108 cm³/mol. The van der Waals surface area contributed by atoms with E-state index in [0.717, 1.165) is 12.3 Å². The number of nitrogens with two attached hydrogens (primary N) is 1. The third-order valence-corrected chi connectivity index (χ3v) is 3.74. The van der Waals surface area contributed by atoms with Gasteiger partial charge >= 0.3 is 12.1 Å². The maximum Gasteiger partial charge on any atom is 0.407 e. The molecule has 0 amide bonds. The van der Waals surface area contributed by atoms with E-state index < -0.39 is 18.2 Å². The van der Waals surface area contributed by atoms with Crippen molar-refractivity contribution in [2.75, 3.05) is 13.6 Å². The van der Waals surface area contributed by atoms with E-state index in [1.807, 2.05) is 18.7 Å². The zero-order valence-electron chi connectivity index (χ0n) is 16.1. The number of aromatic nitrogens is 1. The van der Waals surface area contributed by atoms with Crippen LogP contribution < -0.4 is 11.1 Å². The quantitative estimate of drug-likeness (QED) is 0.680. The van der Waals surface area contributed by atoms with Crippen LogP contribution in [0.5, 0.6) is 0 Å². The molecule has 0 aliphatic carbocycles. The van der Waals surface area contributed by atoms with Crippen molar-refractivity contribution in [1.29, 1.82) is 0 Å². The first-order valence-corrected chi connectivity index (χ1v) is 8.53. The lowest BCUT2D eigenvalue weighted by Crippen LogP contribution is -2.35. The molecule has 0 spiro atoms. The van der Waals surface area contributed by atoms with Gasteiger partial charge in [-0.2, -0.15) is 13.2 Å². The van der Waals surface area contributed by atoms with Crippen molar-refractivity contribution in [3.8, 4) is 0 Å². The molecule has 4 N–H and O–H groups in total. The van der Waals surface area contributed by atoms with Crippen molar-refractivity contribution in [3.05, 3.63) is 47.7 Å². The molecule has 1 aliphatic heterocycles. The Hall–Kier alpha value is -2.88. The summed E-state index contributed by atoms with van der Waals surface area (Å²) in [5, 5.41) is 11.8. The highest BCUT2D eigenvalue weighted by molar-refractivity contribution is 5.90. The minimum absolute atomic E-state index is 0. The van der Waals surface area contributed by atoms with Gasteiger partial charge in [0.2, 0.25) is 0 Å². The summed E-state index contributed by atoms with van der Waals surface area (Å²) in [7, 11) is 1.79. The van der Waals surface area contributed by atoms with Crippen LogP contribution in [-0.2, 0) is 0 Å². The molecular weight excluding hydrogens is 387 g/mol. The van der Waals surface area contributed by atoms with Crippen LogP contribution in [0.25, 0.3) is 5.57 Å². The number of pyridine rings is 1. The number of nitrogens with one attached hydrogen (secondary N) is 1. The van der Waals surface area contributed by atoms with Crippen molar-refractivity contribution in [2.45, 2.75) is 40.4 Å². The van der Waals surface area contributed by atoms with Gasteiger partial charge in [-0.1, -0.05) is 21.3 Å². The highest BCUT2D eigenvalue weighted by Gasteiger charge is 2.34. The number of likely N-dealkylation sites (N-methyl/N-ethyl adjacent to an activating group) is 1. The van der Waals surface area contributed by atoms with E-state index in [2.05, 4.69) is 15.3 Å². The van der Waals surface area contributed by atoms with Gasteiger partial charge in [0.05, 0.1) is 5.56 Å². The number of aliphatic imine (C=N–C) groups is 1. The Morgan fingerprint density at radius 1 is 1.38 bits per heavy atom. The minimum Gasteiger partial charge on any atom is -0.478 e. The Labute approximate surface area is 168 Å². The van der Waals surface area contributed by atoms with Crippen molar-refractivity contribution in [2.24, 2.45) is 10.7 Å². The standard InChI is InChI=1S/C16H18F3N5O2.C2H6.CH4/c1-9-23-14(22-4-3-13(20)16(17,18)19)12(8-24(9)2)10-5-11(15(25)26)7-21-6-10;1-2;/h3-7,13,22H,8,20H2,1-2H3,(H,25,26);1-2H3;1H4/b4-3-;;. The maximum absolute atomic E-state index is 12.5. The number of amidine groups is 1. The largest absolute Gasteiger partial charge is 0.478 e. The average Bonchev–Trinajstić information content (AvgIpc) is 2.65. The van der Waals surface area contributed by atoms with Gasteiger partial charge < -0.3 is 21.1 Å². The number of halogens is 3. The van der Waals surface area contributed by atoms with Crippen LogP contribution in [0.15, 0.2) is 41.5 Å². The predicted octanol–water partition coefficient (Wildman–Crippen LogP) is 3.47. The van der Waals surface area contributed by atoms with Crippen molar-refractivity contribution >= 4 is 17.4 Å². The minimum atomic E-state index is -4.54. The van der Waals surface area contributed by atoms with Crippen molar-refractivity contribution in [1.82, 2.24) is 15.2 Å².